The molecule has 2 nitrogen and oxygen atoms in total. The van der Waals surface area contributed by atoms with Crippen LogP contribution in [-0.2, 0) is 0 Å². The predicted molar refractivity (Wildman–Crippen MR) is 114 cm³/mol. The molecule has 134 valence electrons. The molecular formula is C18H26Cl2N2S2. The van der Waals surface area contributed by atoms with Crippen LogP contribution in [0.15, 0.2) is 41.4 Å². The number of fused-ring (bicyclic) bond motifs is 1. The molecular weight excluding hydrogens is 379 g/mol. The van der Waals surface area contributed by atoms with Crippen molar-refractivity contribution in [1.82, 2.24) is 9.88 Å². The molecule has 0 aliphatic carbocycles. The minimum absolute atomic E-state index is 0. The maximum Gasteiger partial charge on any atom is 0.0967 e. The summed E-state index contributed by atoms with van der Waals surface area (Å²) < 4.78 is 0. The van der Waals surface area contributed by atoms with E-state index in [9.17, 15) is 0 Å². The first kappa shape index (κ1) is 21.9. The Morgan fingerprint density at radius 3 is 2.67 bits per heavy atom. The number of thioether (sulfide) groups is 2. The molecule has 0 amide bonds. The number of hydrogen-bond donors (Lipinski definition) is 0. The quantitative estimate of drug-likeness (QED) is 0.411. The van der Waals surface area contributed by atoms with Crippen molar-refractivity contribution in [2.75, 3.05) is 30.5 Å². The summed E-state index contributed by atoms with van der Waals surface area (Å²) >= 11 is 3.96. The molecule has 6 heteroatoms. The van der Waals surface area contributed by atoms with Crippen LogP contribution in [0.5, 0.6) is 0 Å². The first-order chi connectivity index (χ1) is 10.9. The summed E-state index contributed by atoms with van der Waals surface area (Å²) in [5.74, 6) is 3.77. The van der Waals surface area contributed by atoms with Crippen molar-refractivity contribution < 1.29 is 0 Å². The Morgan fingerprint density at radius 2 is 1.83 bits per heavy atom. The van der Waals surface area contributed by atoms with Gasteiger partial charge < -0.3 is 0 Å². The Kier molecular flexibility index (Phi) is 11.2. The van der Waals surface area contributed by atoms with E-state index in [0.29, 0.717) is 0 Å². The largest absolute Gasteiger partial charge is 0.293 e. The molecule has 1 aliphatic heterocycles. The molecule has 3 rings (SSSR count). The Balaban J connectivity index is 0.00000144. The fraction of sp³-hybridized carbons (Fsp3) is 0.500. The molecule has 24 heavy (non-hydrogen) atoms. The van der Waals surface area contributed by atoms with Gasteiger partial charge in [-0.3, -0.25) is 4.90 Å². The topological polar surface area (TPSA) is 16.1 Å². The summed E-state index contributed by atoms with van der Waals surface area (Å²) in [5, 5.41) is 2.39. The number of hydrogen-bond acceptors (Lipinski definition) is 4. The molecule has 0 saturated carbocycles. The standard InChI is InChI=1S/C18H24N2S2.2ClH/c1(5-11-20-12-14-21-15-20)2-6-13-22-18-10-9-16-7-3-4-8-17(16)19-18;;/h3-4,7-10H,1-2,5-6,11-15H2;2*1H. The van der Waals surface area contributed by atoms with E-state index in [1.165, 1.54) is 61.5 Å². The van der Waals surface area contributed by atoms with Gasteiger partial charge in [-0.05, 0) is 37.3 Å². The van der Waals surface area contributed by atoms with Crippen LogP contribution in [0.3, 0.4) is 0 Å². The Bertz CT molecular complexity index is 592. The molecule has 1 fully saturated rings. The molecule has 0 spiro atoms. The van der Waals surface area contributed by atoms with Crippen LogP contribution in [0.1, 0.15) is 25.7 Å². The average molecular weight is 405 g/mol. The number of benzene rings is 1. The van der Waals surface area contributed by atoms with Crippen LogP contribution in [0, 0.1) is 0 Å². The Hall–Kier alpha value is -0.130. The van der Waals surface area contributed by atoms with Crippen molar-refractivity contribution in [2.45, 2.75) is 30.7 Å². The van der Waals surface area contributed by atoms with Crippen molar-refractivity contribution in [3.05, 3.63) is 36.4 Å². The molecule has 2 aromatic rings. The van der Waals surface area contributed by atoms with Crippen molar-refractivity contribution in [3.8, 4) is 0 Å². The van der Waals surface area contributed by atoms with Crippen LogP contribution in [0.2, 0.25) is 0 Å². The Labute approximate surface area is 166 Å². The van der Waals surface area contributed by atoms with Crippen molar-refractivity contribution in [2.24, 2.45) is 0 Å². The van der Waals surface area contributed by atoms with Gasteiger partial charge in [-0.15, -0.1) is 48.3 Å². The second-order valence-corrected chi connectivity index (χ2v) is 7.95. The fourth-order valence-electron chi connectivity index (χ4n) is 2.72. The van der Waals surface area contributed by atoms with Crippen LogP contribution in [0.4, 0.5) is 0 Å². The lowest BCUT2D eigenvalue weighted by atomic mass is 10.2. The molecule has 1 aromatic carbocycles. The van der Waals surface area contributed by atoms with Crippen LogP contribution in [-0.4, -0.2) is 40.4 Å². The van der Waals surface area contributed by atoms with E-state index in [2.05, 4.69) is 53.1 Å². The monoisotopic (exact) mass is 404 g/mol. The summed E-state index contributed by atoms with van der Waals surface area (Å²) in [7, 11) is 0. The third-order valence-corrected chi connectivity index (χ3v) is 6.05. The van der Waals surface area contributed by atoms with Gasteiger partial charge in [-0.2, -0.15) is 0 Å². The maximum absolute atomic E-state index is 4.72. The highest BCUT2D eigenvalue weighted by atomic mass is 35.5. The van der Waals surface area contributed by atoms with Crippen molar-refractivity contribution >= 4 is 59.2 Å². The number of rotatable bonds is 8. The number of para-hydroxylation sites is 1. The number of halogens is 2. The highest BCUT2D eigenvalue weighted by Gasteiger charge is 2.10. The lowest BCUT2D eigenvalue weighted by Crippen LogP contribution is -2.20. The van der Waals surface area contributed by atoms with Crippen molar-refractivity contribution in [1.29, 1.82) is 0 Å². The average Bonchev–Trinajstić information content (AvgIpc) is 3.07. The van der Waals surface area contributed by atoms with Gasteiger partial charge in [0.1, 0.15) is 0 Å². The molecule has 1 aromatic heterocycles. The predicted octanol–water partition coefficient (Wildman–Crippen LogP) is 5.74. The maximum atomic E-state index is 4.72. The highest BCUT2D eigenvalue weighted by molar-refractivity contribution is 7.99. The molecule has 0 unspecified atom stereocenters. The second kappa shape index (κ2) is 12.3. The molecule has 0 atom stereocenters. The summed E-state index contributed by atoms with van der Waals surface area (Å²) in [6.45, 7) is 2.60. The van der Waals surface area contributed by atoms with Gasteiger partial charge >= 0.3 is 0 Å². The summed E-state index contributed by atoms with van der Waals surface area (Å²) in [6.07, 6.45) is 5.38. The number of nitrogens with zero attached hydrogens (tertiary/aromatic N) is 2. The normalized spacial score (nSPS) is 14.3. The van der Waals surface area contributed by atoms with Gasteiger partial charge in [0.25, 0.3) is 0 Å². The minimum atomic E-state index is 0. The summed E-state index contributed by atoms with van der Waals surface area (Å²) in [6, 6.07) is 12.7. The fourth-order valence-corrected chi connectivity index (χ4v) is 4.64. The van der Waals surface area contributed by atoms with E-state index in [1.54, 1.807) is 0 Å². The molecule has 0 N–H and O–H groups in total. The van der Waals surface area contributed by atoms with Crippen LogP contribution >= 0.6 is 48.3 Å². The highest BCUT2D eigenvalue weighted by Crippen LogP contribution is 2.21. The molecule has 1 aliphatic rings. The molecule has 0 radical (unpaired) electrons. The number of aromatic nitrogens is 1. The van der Waals surface area contributed by atoms with E-state index in [0.717, 1.165) is 10.5 Å². The van der Waals surface area contributed by atoms with Gasteiger partial charge in [0, 0.05) is 23.6 Å². The smallest absolute Gasteiger partial charge is 0.0967 e. The van der Waals surface area contributed by atoms with Gasteiger partial charge in [0.05, 0.1) is 10.5 Å². The zero-order chi connectivity index (χ0) is 15.0. The second-order valence-electron chi connectivity index (χ2n) is 5.76. The summed E-state index contributed by atoms with van der Waals surface area (Å²) in [5.41, 5.74) is 1.11. The zero-order valence-electron chi connectivity index (χ0n) is 13.9. The van der Waals surface area contributed by atoms with Gasteiger partial charge in [-0.1, -0.05) is 37.1 Å². The van der Waals surface area contributed by atoms with Gasteiger partial charge in [0.15, 0.2) is 0 Å². The van der Waals surface area contributed by atoms with Gasteiger partial charge in [0.2, 0.25) is 0 Å². The van der Waals surface area contributed by atoms with Crippen LogP contribution in [0.25, 0.3) is 10.9 Å². The molecule has 0 bridgehead atoms. The van der Waals surface area contributed by atoms with E-state index >= 15 is 0 Å². The minimum Gasteiger partial charge on any atom is -0.293 e. The number of pyridine rings is 1. The first-order valence-corrected chi connectivity index (χ1v) is 10.3. The Morgan fingerprint density at radius 1 is 1.00 bits per heavy atom. The van der Waals surface area contributed by atoms with Gasteiger partial charge in [-0.25, -0.2) is 4.98 Å². The van der Waals surface area contributed by atoms with E-state index in [1.807, 2.05) is 11.8 Å². The lowest BCUT2D eigenvalue weighted by Gasteiger charge is -2.12. The zero-order valence-corrected chi connectivity index (χ0v) is 17.1. The van der Waals surface area contributed by atoms with E-state index in [-0.39, 0.29) is 24.8 Å². The third kappa shape index (κ3) is 7.01. The lowest BCUT2D eigenvalue weighted by molar-refractivity contribution is 0.344. The molecule has 2 heterocycles. The molecule has 1 saturated heterocycles. The van der Waals surface area contributed by atoms with Crippen LogP contribution < -0.4 is 0 Å². The number of unbranched alkanes of at least 4 members (excludes halogenated alkanes) is 3. The summed E-state index contributed by atoms with van der Waals surface area (Å²) in [4.78, 5) is 7.30. The van der Waals surface area contributed by atoms with E-state index in [4.69, 9.17) is 4.98 Å². The SMILES string of the molecule is Cl.Cl.c1ccc2nc(SCCCCCCN3CCSC3)ccc2c1. The van der Waals surface area contributed by atoms with Crippen molar-refractivity contribution in [3.63, 3.8) is 0 Å². The third-order valence-electron chi connectivity index (χ3n) is 4.02. The first-order valence-electron chi connectivity index (χ1n) is 8.20. The van der Waals surface area contributed by atoms with E-state index < -0.39 is 0 Å².